The molecule has 1 aromatic carbocycles. The monoisotopic (exact) mass is 349 g/mol. The van der Waals surface area contributed by atoms with Crippen molar-refractivity contribution in [1.29, 1.82) is 0 Å². The van der Waals surface area contributed by atoms with Gasteiger partial charge in [0.1, 0.15) is 5.00 Å². The number of primary amides is 1. The molecule has 7 heteroatoms. The fourth-order valence-electron chi connectivity index (χ4n) is 2.71. The number of hydrogen-bond donors (Lipinski definition) is 3. The Hall–Kier alpha value is -2.05. The molecule has 23 heavy (non-hydrogen) atoms. The Morgan fingerprint density at radius 1 is 1.09 bits per heavy atom. The van der Waals surface area contributed by atoms with Crippen molar-refractivity contribution in [2.75, 3.05) is 10.6 Å². The Labute approximate surface area is 142 Å². The molecule has 3 amide bonds. The Morgan fingerprint density at radius 2 is 1.78 bits per heavy atom. The highest BCUT2D eigenvalue weighted by atomic mass is 35.5. The van der Waals surface area contributed by atoms with E-state index in [1.54, 1.807) is 24.3 Å². The first kappa shape index (κ1) is 15.8. The number of halogens is 1. The van der Waals surface area contributed by atoms with Crippen molar-refractivity contribution in [3.63, 3.8) is 0 Å². The summed E-state index contributed by atoms with van der Waals surface area (Å²) in [6, 6.07) is 6.38. The highest BCUT2D eigenvalue weighted by Gasteiger charge is 2.24. The molecule has 0 atom stereocenters. The zero-order valence-electron chi connectivity index (χ0n) is 12.3. The van der Waals surface area contributed by atoms with Gasteiger partial charge in [-0.2, -0.15) is 0 Å². The number of nitrogens with two attached hydrogens (primary N) is 1. The molecule has 0 spiro atoms. The van der Waals surface area contributed by atoms with Crippen LogP contribution in [0.5, 0.6) is 0 Å². The fourth-order valence-corrected chi connectivity index (χ4v) is 4.13. The molecule has 0 fully saturated rings. The van der Waals surface area contributed by atoms with Gasteiger partial charge in [-0.3, -0.25) is 10.1 Å². The minimum absolute atomic E-state index is 0.409. The second kappa shape index (κ2) is 6.60. The number of rotatable bonds is 3. The number of urea groups is 1. The van der Waals surface area contributed by atoms with E-state index in [-0.39, 0.29) is 0 Å². The van der Waals surface area contributed by atoms with Crippen LogP contribution in [0, 0.1) is 0 Å². The van der Waals surface area contributed by atoms with Crippen LogP contribution < -0.4 is 16.4 Å². The number of aryl methyl sites for hydroxylation is 1. The predicted molar refractivity (Wildman–Crippen MR) is 93.6 cm³/mol. The Kier molecular flexibility index (Phi) is 4.54. The van der Waals surface area contributed by atoms with E-state index < -0.39 is 11.9 Å². The van der Waals surface area contributed by atoms with Crippen molar-refractivity contribution < 1.29 is 9.59 Å². The summed E-state index contributed by atoms with van der Waals surface area (Å²) in [5, 5.41) is 6.58. The average molecular weight is 350 g/mol. The number of anilines is 2. The lowest BCUT2D eigenvalue weighted by Gasteiger charge is -2.11. The van der Waals surface area contributed by atoms with Gasteiger partial charge in [-0.1, -0.05) is 11.6 Å². The van der Waals surface area contributed by atoms with Crippen LogP contribution >= 0.6 is 22.9 Å². The van der Waals surface area contributed by atoms with Crippen LogP contribution in [0.4, 0.5) is 15.5 Å². The Balaban J connectivity index is 1.79. The number of hydrogen-bond acceptors (Lipinski definition) is 3. The van der Waals surface area contributed by atoms with Gasteiger partial charge in [-0.15, -0.1) is 11.3 Å². The normalized spacial score (nSPS) is 13.3. The summed E-state index contributed by atoms with van der Waals surface area (Å²) in [6.07, 6.45) is 3.91. The van der Waals surface area contributed by atoms with Crippen LogP contribution in [-0.4, -0.2) is 11.9 Å². The van der Waals surface area contributed by atoms with E-state index in [0.717, 1.165) is 36.1 Å². The molecule has 1 aromatic heterocycles. The summed E-state index contributed by atoms with van der Waals surface area (Å²) in [5.41, 5.74) is 7.58. The number of carbonyl (C=O) groups is 2. The zero-order valence-corrected chi connectivity index (χ0v) is 13.9. The third-order valence-corrected chi connectivity index (χ3v) is 5.21. The maximum atomic E-state index is 12.2. The molecular formula is C16H16ClN3O2S. The van der Waals surface area contributed by atoms with E-state index >= 15 is 0 Å². The molecule has 120 valence electrons. The van der Waals surface area contributed by atoms with Gasteiger partial charge in [0.05, 0.1) is 5.56 Å². The van der Waals surface area contributed by atoms with Crippen LogP contribution in [0.25, 0.3) is 0 Å². The van der Waals surface area contributed by atoms with Gasteiger partial charge in [0, 0.05) is 15.6 Å². The first-order chi connectivity index (χ1) is 11.0. The van der Waals surface area contributed by atoms with Crippen LogP contribution in [-0.2, 0) is 12.8 Å². The van der Waals surface area contributed by atoms with Crippen LogP contribution in [0.2, 0.25) is 5.02 Å². The maximum absolute atomic E-state index is 12.2. The molecule has 0 saturated carbocycles. The fraction of sp³-hybridized carbons (Fsp3) is 0.250. The van der Waals surface area contributed by atoms with E-state index in [0.29, 0.717) is 21.3 Å². The van der Waals surface area contributed by atoms with Crippen molar-refractivity contribution in [3.05, 3.63) is 45.3 Å². The number of amides is 3. The van der Waals surface area contributed by atoms with Crippen molar-refractivity contribution in [3.8, 4) is 0 Å². The summed E-state index contributed by atoms with van der Waals surface area (Å²) in [7, 11) is 0. The highest BCUT2D eigenvalue weighted by molar-refractivity contribution is 7.17. The lowest BCUT2D eigenvalue weighted by molar-refractivity contribution is 0.100. The first-order valence-corrected chi connectivity index (χ1v) is 8.52. The Bertz CT molecular complexity index is 755. The minimum atomic E-state index is -0.494. The molecule has 0 saturated heterocycles. The molecule has 2 aromatic rings. The molecule has 3 rings (SSSR count). The maximum Gasteiger partial charge on any atom is 0.324 e. The van der Waals surface area contributed by atoms with E-state index in [1.165, 1.54) is 11.3 Å². The van der Waals surface area contributed by atoms with Gasteiger partial charge in [-0.25, -0.2) is 4.79 Å². The molecule has 0 radical (unpaired) electrons. The second-order valence-electron chi connectivity index (χ2n) is 5.37. The lowest BCUT2D eigenvalue weighted by Crippen LogP contribution is -2.22. The smallest absolute Gasteiger partial charge is 0.324 e. The summed E-state index contributed by atoms with van der Waals surface area (Å²) in [5.74, 6) is -0.494. The molecule has 0 bridgehead atoms. The van der Waals surface area contributed by atoms with Gasteiger partial charge in [0.2, 0.25) is 0 Å². The van der Waals surface area contributed by atoms with E-state index in [1.807, 2.05) is 0 Å². The third kappa shape index (κ3) is 3.48. The van der Waals surface area contributed by atoms with Crippen molar-refractivity contribution in [1.82, 2.24) is 0 Å². The standard InChI is InChI=1S/C16H16ClN3O2S/c17-9-5-7-10(8-6-9)19-16(22)20-15-13(14(18)21)11-3-1-2-4-12(11)23-15/h5-8H,1-4H2,(H2,18,21)(H2,19,20,22). The quantitative estimate of drug-likeness (QED) is 0.781. The summed E-state index contributed by atoms with van der Waals surface area (Å²) in [4.78, 5) is 25.1. The molecule has 5 nitrogen and oxygen atoms in total. The van der Waals surface area contributed by atoms with E-state index in [2.05, 4.69) is 10.6 Å². The lowest BCUT2D eigenvalue weighted by atomic mass is 9.95. The zero-order chi connectivity index (χ0) is 16.4. The summed E-state index contributed by atoms with van der Waals surface area (Å²) < 4.78 is 0. The topological polar surface area (TPSA) is 84.2 Å². The SMILES string of the molecule is NC(=O)c1c(NC(=O)Nc2ccc(Cl)cc2)sc2c1CCCC2. The molecule has 1 aliphatic rings. The number of carbonyl (C=O) groups excluding carboxylic acids is 2. The number of benzene rings is 1. The summed E-state index contributed by atoms with van der Waals surface area (Å²) >= 11 is 7.25. The molecule has 0 aliphatic heterocycles. The van der Waals surface area contributed by atoms with Crippen LogP contribution in [0.15, 0.2) is 24.3 Å². The number of nitrogens with one attached hydrogen (secondary N) is 2. The predicted octanol–water partition coefficient (Wildman–Crippen LogP) is 4.02. The van der Waals surface area contributed by atoms with Crippen molar-refractivity contribution in [2.45, 2.75) is 25.7 Å². The molecule has 1 aliphatic carbocycles. The number of thiophene rings is 1. The molecule has 0 unspecified atom stereocenters. The van der Waals surface area contributed by atoms with E-state index in [9.17, 15) is 9.59 Å². The Morgan fingerprint density at radius 3 is 2.48 bits per heavy atom. The van der Waals surface area contributed by atoms with Gasteiger partial charge < -0.3 is 11.1 Å². The average Bonchev–Trinajstić information content (AvgIpc) is 2.87. The van der Waals surface area contributed by atoms with Gasteiger partial charge >= 0.3 is 6.03 Å². The van der Waals surface area contributed by atoms with Crippen LogP contribution in [0.1, 0.15) is 33.6 Å². The molecule has 1 heterocycles. The largest absolute Gasteiger partial charge is 0.365 e. The summed E-state index contributed by atoms with van der Waals surface area (Å²) in [6.45, 7) is 0. The molecule has 4 N–H and O–H groups in total. The minimum Gasteiger partial charge on any atom is -0.365 e. The van der Waals surface area contributed by atoms with Gasteiger partial charge in [0.25, 0.3) is 5.91 Å². The highest BCUT2D eigenvalue weighted by Crippen LogP contribution is 2.37. The van der Waals surface area contributed by atoms with Crippen LogP contribution in [0.3, 0.4) is 0 Å². The van der Waals surface area contributed by atoms with Crippen molar-refractivity contribution >= 4 is 45.6 Å². The molecular weight excluding hydrogens is 334 g/mol. The number of fused-ring (bicyclic) bond motifs is 1. The van der Waals surface area contributed by atoms with Gasteiger partial charge in [0.15, 0.2) is 0 Å². The third-order valence-electron chi connectivity index (χ3n) is 3.75. The second-order valence-corrected chi connectivity index (χ2v) is 6.91. The van der Waals surface area contributed by atoms with E-state index in [4.69, 9.17) is 17.3 Å². The van der Waals surface area contributed by atoms with Gasteiger partial charge in [-0.05, 0) is 55.5 Å². The van der Waals surface area contributed by atoms with Crippen molar-refractivity contribution in [2.24, 2.45) is 5.73 Å². The first-order valence-electron chi connectivity index (χ1n) is 7.32.